The number of rotatable bonds is 4. The fourth-order valence-corrected chi connectivity index (χ4v) is 3.29. The van der Waals surface area contributed by atoms with Gasteiger partial charge in [0, 0.05) is 15.4 Å². The first-order chi connectivity index (χ1) is 12.1. The number of halogens is 1. The van der Waals surface area contributed by atoms with Gasteiger partial charge >= 0.3 is 0 Å². The number of ether oxygens (including phenoxy) is 1. The summed E-state index contributed by atoms with van der Waals surface area (Å²) >= 11 is 4.71. The number of nitrogens with one attached hydrogen (secondary N) is 1. The molecular formula is C18H12BrN3O2S. The molecule has 0 saturated carbocycles. The van der Waals surface area contributed by atoms with Crippen LogP contribution in [0.5, 0.6) is 5.75 Å². The van der Waals surface area contributed by atoms with E-state index in [9.17, 15) is 4.79 Å². The van der Waals surface area contributed by atoms with Crippen LogP contribution < -0.4 is 10.1 Å². The number of hydrogen-bond donors (Lipinski definition) is 1. The Bertz CT molecular complexity index is 961. The van der Waals surface area contributed by atoms with Gasteiger partial charge in [-0.25, -0.2) is 4.98 Å². The van der Waals surface area contributed by atoms with E-state index < -0.39 is 0 Å². The minimum atomic E-state index is -0.272. The highest BCUT2D eigenvalue weighted by atomic mass is 79.9. The molecule has 0 atom stereocenters. The predicted octanol–water partition coefficient (Wildman–Crippen LogP) is 4.71. The van der Waals surface area contributed by atoms with Gasteiger partial charge in [-0.2, -0.15) is 5.26 Å². The topological polar surface area (TPSA) is 75.0 Å². The molecule has 0 saturated heterocycles. The maximum Gasteiger partial charge on any atom is 0.258 e. The Hall–Kier alpha value is -2.69. The molecule has 124 valence electrons. The minimum Gasteiger partial charge on any atom is -0.497 e. The standard InChI is InChI=1S/C18H12BrN3O2S/c1-24-13-6-7-15(19)14(8-13)17(23)22-18-21-16(10-25-18)12-4-2-11(9-20)3-5-12/h2-8,10H,1H3,(H,21,22,23). The SMILES string of the molecule is COc1ccc(Br)c(C(=O)Nc2nc(-c3ccc(C#N)cc3)cs2)c1. The number of thiazole rings is 1. The van der Waals surface area contributed by atoms with Crippen molar-refractivity contribution in [2.45, 2.75) is 0 Å². The van der Waals surface area contributed by atoms with E-state index in [1.165, 1.54) is 11.3 Å². The fourth-order valence-electron chi connectivity index (χ4n) is 2.15. The summed E-state index contributed by atoms with van der Waals surface area (Å²) in [5.41, 5.74) is 2.69. The van der Waals surface area contributed by atoms with Crippen LogP contribution >= 0.6 is 27.3 Å². The highest BCUT2D eigenvalue weighted by molar-refractivity contribution is 9.10. The molecule has 0 unspecified atom stereocenters. The average Bonchev–Trinajstić information content (AvgIpc) is 3.10. The van der Waals surface area contributed by atoms with Crippen LogP contribution in [-0.4, -0.2) is 18.0 Å². The highest BCUT2D eigenvalue weighted by Gasteiger charge is 2.14. The molecule has 25 heavy (non-hydrogen) atoms. The normalized spacial score (nSPS) is 10.1. The number of amides is 1. The zero-order chi connectivity index (χ0) is 17.8. The van der Waals surface area contributed by atoms with Crippen molar-refractivity contribution < 1.29 is 9.53 Å². The molecule has 1 aromatic heterocycles. The Morgan fingerprint density at radius 1 is 1.28 bits per heavy atom. The molecule has 0 fully saturated rings. The van der Waals surface area contributed by atoms with Crippen LogP contribution in [0.15, 0.2) is 52.3 Å². The van der Waals surface area contributed by atoms with Gasteiger partial charge in [-0.15, -0.1) is 11.3 Å². The molecule has 1 amide bonds. The molecular weight excluding hydrogens is 402 g/mol. The van der Waals surface area contributed by atoms with Crippen molar-refractivity contribution in [3.63, 3.8) is 0 Å². The number of carbonyl (C=O) groups is 1. The Kier molecular flexibility index (Phi) is 5.12. The summed E-state index contributed by atoms with van der Waals surface area (Å²) in [6.45, 7) is 0. The summed E-state index contributed by atoms with van der Waals surface area (Å²) in [6.07, 6.45) is 0. The monoisotopic (exact) mass is 413 g/mol. The van der Waals surface area contributed by atoms with Gasteiger partial charge in [0.25, 0.3) is 5.91 Å². The lowest BCUT2D eigenvalue weighted by atomic mass is 10.1. The van der Waals surface area contributed by atoms with Gasteiger partial charge in [0.2, 0.25) is 0 Å². The van der Waals surface area contributed by atoms with Crippen molar-refractivity contribution in [2.75, 3.05) is 12.4 Å². The molecule has 3 aromatic rings. The zero-order valence-corrected chi connectivity index (χ0v) is 15.5. The third-order valence-corrected chi connectivity index (χ3v) is 4.90. The van der Waals surface area contributed by atoms with Crippen LogP contribution in [0.3, 0.4) is 0 Å². The lowest BCUT2D eigenvalue weighted by Crippen LogP contribution is -2.12. The number of hydrogen-bond acceptors (Lipinski definition) is 5. The molecule has 0 aliphatic heterocycles. The van der Waals surface area contributed by atoms with E-state index in [-0.39, 0.29) is 5.91 Å². The minimum absolute atomic E-state index is 0.272. The first-order valence-electron chi connectivity index (χ1n) is 7.21. The summed E-state index contributed by atoms with van der Waals surface area (Å²) in [7, 11) is 1.55. The molecule has 0 aliphatic carbocycles. The number of carbonyl (C=O) groups excluding carboxylic acids is 1. The van der Waals surface area contributed by atoms with Gasteiger partial charge in [-0.3, -0.25) is 10.1 Å². The largest absolute Gasteiger partial charge is 0.497 e. The van der Waals surface area contributed by atoms with E-state index in [0.717, 1.165) is 11.3 Å². The molecule has 2 aromatic carbocycles. The third kappa shape index (κ3) is 3.87. The van der Waals surface area contributed by atoms with Gasteiger partial charge in [0.05, 0.1) is 30.0 Å². The number of benzene rings is 2. The second-order valence-corrected chi connectivity index (χ2v) is 6.74. The molecule has 0 spiro atoms. The molecule has 5 nitrogen and oxygen atoms in total. The number of nitrogens with zero attached hydrogens (tertiary/aromatic N) is 2. The Morgan fingerprint density at radius 3 is 2.72 bits per heavy atom. The summed E-state index contributed by atoms with van der Waals surface area (Å²) < 4.78 is 5.83. The van der Waals surface area contributed by atoms with Crippen molar-refractivity contribution in [1.82, 2.24) is 4.98 Å². The summed E-state index contributed by atoms with van der Waals surface area (Å²) in [5.74, 6) is 0.331. The van der Waals surface area contributed by atoms with Crippen molar-refractivity contribution in [3.8, 4) is 23.1 Å². The van der Waals surface area contributed by atoms with E-state index in [4.69, 9.17) is 10.00 Å². The molecule has 0 radical (unpaired) electrons. The van der Waals surface area contributed by atoms with Crippen molar-refractivity contribution in [1.29, 1.82) is 5.26 Å². The molecule has 3 rings (SSSR count). The lowest BCUT2D eigenvalue weighted by Gasteiger charge is -2.06. The molecule has 0 aliphatic rings. The number of methoxy groups -OCH3 is 1. The van der Waals surface area contributed by atoms with E-state index in [2.05, 4.69) is 32.3 Å². The maximum absolute atomic E-state index is 12.5. The maximum atomic E-state index is 12.5. The second kappa shape index (κ2) is 7.47. The summed E-state index contributed by atoms with van der Waals surface area (Å²) in [4.78, 5) is 16.9. The first kappa shape index (κ1) is 17.1. The van der Waals surface area contributed by atoms with Crippen molar-refractivity contribution in [2.24, 2.45) is 0 Å². The molecule has 0 bridgehead atoms. The number of aromatic nitrogens is 1. The third-order valence-electron chi connectivity index (χ3n) is 3.45. The van der Waals surface area contributed by atoms with Crippen molar-refractivity contribution in [3.05, 3.63) is 63.4 Å². The van der Waals surface area contributed by atoms with Gasteiger partial charge in [0.15, 0.2) is 5.13 Å². The summed E-state index contributed by atoms with van der Waals surface area (Å²) in [6, 6.07) is 14.4. The van der Waals surface area contributed by atoms with Crippen LogP contribution in [0.25, 0.3) is 11.3 Å². The predicted molar refractivity (Wildman–Crippen MR) is 101 cm³/mol. The lowest BCUT2D eigenvalue weighted by molar-refractivity contribution is 0.102. The number of nitriles is 1. The van der Waals surface area contributed by atoms with Crippen LogP contribution in [0, 0.1) is 11.3 Å². The average molecular weight is 414 g/mol. The van der Waals surface area contributed by atoms with Crippen molar-refractivity contribution >= 4 is 38.3 Å². The Labute approximate surface area is 157 Å². The molecule has 1 N–H and O–H groups in total. The second-order valence-electron chi connectivity index (χ2n) is 5.03. The van der Waals surface area contributed by atoms with E-state index >= 15 is 0 Å². The van der Waals surface area contributed by atoms with Crippen LogP contribution in [0.1, 0.15) is 15.9 Å². The van der Waals surface area contributed by atoms with E-state index in [1.54, 1.807) is 37.4 Å². The van der Waals surface area contributed by atoms with Gasteiger partial charge in [-0.05, 0) is 46.3 Å². The van der Waals surface area contributed by atoms with Gasteiger partial charge < -0.3 is 4.74 Å². The van der Waals surface area contributed by atoms with Gasteiger partial charge in [0.1, 0.15) is 5.75 Å². The summed E-state index contributed by atoms with van der Waals surface area (Å²) in [5, 5.41) is 14.0. The highest BCUT2D eigenvalue weighted by Crippen LogP contribution is 2.27. The van der Waals surface area contributed by atoms with Crippen LogP contribution in [0.2, 0.25) is 0 Å². The van der Waals surface area contributed by atoms with Crippen LogP contribution in [0.4, 0.5) is 5.13 Å². The molecule has 1 heterocycles. The van der Waals surface area contributed by atoms with E-state index in [0.29, 0.717) is 26.5 Å². The fraction of sp³-hybridized carbons (Fsp3) is 0.0556. The first-order valence-corrected chi connectivity index (χ1v) is 8.89. The van der Waals surface area contributed by atoms with E-state index in [1.807, 2.05) is 17.5 Å². The Morgan fingerprint density at radius 2 is 2.04 bits per heavy atom. The van der Waals surface area contributed by atoms with Gasteiger partial charge in [-0.1, -0.05) is 12.1 Å². The quantitative estimate of drug-likeness (QED) is 0.671. The molecule has 7 heteroatoms. The van der Waals surface area contributed by atoms with Crippen LogP contribution in [-0.2, 0) is 0 Å². The zero-order valence-electron chi connectivity index (χ0n) is 13.1. The Balaban J connectivity index is 1.79. The smallest absolute Gasteiger partial charge is 0.258 e. The number of anilines is 1.